The summed E-state index contributed by atoms with van der Waals surface area (Å²) in [6.45, 7) is 9.57. The number of rotatable bonds is 3. The van der Waals surface area contributed by atoms with Crippen molar-refractivity contribution < 1.29 is 9.53 Å². The molecule has 0 aromatic heterocycles. The van der Waals surface area contributed by atoms with Gasteiger partial charge in [-0.3, -0.25) is 4.79 Å². The van der Waals surface area contributed by atoms with Gasteiger partial charge in [0.05, 0.1) is 5.41 Å². The SMILES string of the molecule is C=C1C[C@@]23CC[C@H]4[C@@](C)(CCC[C@@]4(C)C(=O)OCc4ccc(Br)cc4)[C@@H]2CC[C@@H]1C3. The van der Waals surface area contributed by atoms with Crippen molar-refractivity contribution in [2.75, 3.05) is 0 Å². The van der Waals surface area contributed by atoms with Crippen LogP contribution in [0.2, 0.25) is 0 Å². The van der Waals surface area contributed by atoms with Gasteiger partial charge in [0, 0.05) is 4.47 Å². The van der Waals surface area contributed by atoms with Crippen molar-refractivity contribution in [3.63, 3.8) is 0 Å². The summed E-state index contributed by atoms with van der Waals surface area (Å²) in [7, 11) is 0. The predicted octanol–water partition coefficient (Wildman–Crippen LogP) is 7.46. The van der Waals surface area contributed by atoms with E-state index in [4.69, 9.17) is 4.74 Å². The predicted molar refractivity (Wildman–Crippen MR) is 124 cm³/mol. The lowest BCUT2D eigenvalue weighted by atomic mass is 9.41. The molecule has 3 heteroatoms. The number of carbonyl (C=O) groups excluding carboxylic acids is 1. The van der Waals surface area contributed by atoms with Crippen LogP contribution in [0.25, 0.3) is 0 Å². The number of carbonyl (C=O) groups is 1. The normalized spacial score (nSPS) is 42.4. The molecule has 5 rings (SSSR count). The third-order valence-electron chi connectivity index (χ3n) is 9.81. The highest BCUT2D eigenvalue weighted by Gasteiger charge is 2.65. The maximum Gasteiger partial charge on any atom is 0.312 e. The second-order valence-electron chi connectivity index (χ2n) is 11.3. The van der Waals surface area contributed by atoms with E-state index < -0.39 is 0 Å². The van der Waals surface area contributed by atoms with E-state index >= 15 is 0 Å². The van der Waals surface area contributed by atoms with Crippen LogP contribution in [0, 0.1) is 34.0 Å². The van der Waals surface area contributed by atoms with E-state index in [1.54, 1.807) is 0 Å². The van der Waals surface area contributed by atoms with E-state index in [1.807, 2.05) is 24.3 Å². The second kappa shape index (κ2) is 7.22. The van der Waals surface area contributed by atoms with Crippen LogP contribution in [-0.2, 0) is 16.1 Å². The van der Waals surface area contributed by atoms with Gasteiger partial charge >= 0.3 is 5.97 Å². The Morgan fingerprint density at radius 1 is 1.10 bits per heavy atom. The topological polar surface area (TPSA) is 26.3 Å². The third-order valence-corrected chi connectivity index (χ3v) is 10.3. The Labute approximate surface area is 190 Å². The summed E-state index contributed by atoms with van der Waals surface area (Å²) in [5, 5.41) is 0. The molecule has 4 fully saturated rings. The maximum atomic E-state index is 13.5. The van der Waals surface area contributed by atoms with Gasteiger partial charge < -0.3 is 4.74 Å². The molecule has 4 aliphatic carbocycles. The first-order valence-corrected chi connectivity index (χ1v) is 12.7. The minimum atomic E-state index is -0.351. The molecule has 1 aromatic rings. The summed E-state index contributed by atoms with van der Waals surface area (Å²) >= 11 is 3.47. The first kappa shape index (κ1) is 20.8. The fraction of sp³-hybridized carbons (Fsp3) is 0.667. The summed E-state index contributed by atoms with van der Waals surface area (Å²) in [6.07, 6.45) is 11.1. The van der Waals surface area contributed by atoms with E-state index in [2.05, 4.69) is 36.4 Å². The van der Waals surface area contributed by atoms with Gasteiger partial charge in [-0.2, -0.15) is 0 Å². The molecule has 2 nitrogen and oxygen atoms in total. The molecule has 0 unspecified atom stereocenters. The smallest absolute Gasteiger partial charge is 0.312 e. The minimum Gasteiger partial charge on any atom is -0.460 e. The highest BCUT2D eigenvalue weighted by atomic mass is 79.9. The number of hydrogen-bond donors (Lipinski definition) is 0. The zero-order chi connectivity index (χ0) is 21.1. The molecule has 0 heterocycles. The molecule has 2 bridgehead atoms. The lowest BCUT2D eigenvalue weighted by molar-refractivity contribution is -0.187. The van der Waals surface area contributed by atoms with Crippen LogP contribution in [0.5, 0.6) is 0 Å². The molecule has 0 aliphatic heterocycles. The number of benzene rings is 1. The van der Waals surface area contributed by atoms with Crippen LogP contribution in [0.4, 0.5) is 0 Å². The molecule has 0 saturated heterocycles. The Morgan fingerprint density at radius 2 is 1.87 bits per heavy atom. The number of allylic oxidation sites excluding steroid dienone is 1. The van der Waals surface area contributed by atoms with Gasteiger partial charge in [-0.15, -0.1) is 0 Å². The largest absolute Gasteiger partial charge is 0.460 e. The molecule has 0 N–H and O–H groups in total. The molecule has 0 radical (unpaired) electrons. The van der Waals surface area contributed by atoms with Crippen molar-refractivity contribution in [2.24, 2.45) is 34.0 Å². The fourth-order valence-electron chi connectivity index (χ4n) is 8.49. The van der Waals surface area contributed by atoms with Crippen molar-refractivity contribution in [3.8, 4) is 0 Å². The van der Waals surface area contributed by atoms with Crippen LogP contribution in [0.3, 0.4) is 0 Å². The average Bonchev–Trinajstić information content (AvgIpc) is 2.95. The van der Waals surface area contributed by atoms with Crippen molar-refractivity contribution in [1.82, 2.24) is 0 Å². The van der Waals surface area contributed by atoms with Crippen LogP contribution in [-0.4, -0.2) is 5.97 Å². The van der Waals surface area contributed by atoms with Crippen molar-refractivity contribution in [2.45, 2.75) is 78.2 Å². The second-order valence-corrected chi connectivity index (χ2v) is 12.2. The monoisotopic (exact) mass is 470 g/mol. The first-order chi connectivity index (χ1) is 14.3. The van der Waals surface area contributed by atoms with E-state index in [1.165, 1.54) is 50.5 Å². The number of esters is 1. The minimum absolute atomic E-state index is 0.0295. The van der Waals surface area contributed by atoms with Crippen molar-refractivity contribution in [3.05, 3.63) is 46.5 Å². The first-order valence-electron chi connectivity index (χ1n) is 11.9. The molecule has 1 aromatic carbocycles. The molecular formula is C27H35BrO2. The number of hydrogen-bond acceptors (Lipinski definition) is 2. The highest BCUT2D eigenvalue weighted by Crippen LogP contribution is 2.72. The van der Waals surface area contributed by atoms with Crippen LogP contribution in [0.15, 0.2) is 40.9 Å². The van der Waals surface area contributed by atoms with Crippen molar-refractivity contribution >= 4 is 21.9 Å². The quantitative estimate of drug-likeness (QED) is 0.338. The van der Waals surface area contributed by atoms with Gasteiger partial charge in [-0.1, -0.05) is 53.6 Å². The van der Waals surface area contributed by atoms with Gasteiger partial charge in [0.25, 0.3) is 0 Å². The average molecular weight is 471 g/mol. The number of ether oxygens (including phenoxy) is 1. The summed E-state index contributed by atoms with van der Waals surface area (Å²) in [6, 6.07) is 8.07. The van der Waals surface area contributed by atoms with Crippen LogP contribution >= 0.6 is 15.9 Å². The van der Waals surface area contributed by atoms with Gasteiger partial charge in [0.2, 0.25) is 0 Å². The molecule has 4 saturated carbocycles. The Kier molecular flexibility index (Phi) is 5.00. The van der Waals surface area contributed by atoms with Crippen molar-refractivity contribution in [1.29, 1.82) is 0 Å². The fourth-order valence-corrected chi connectivity index (χ4v) is 8.76. The third kappa shape index (κ3) is 3.05. The van der Waals surface area contributed by atoms with Gasteiger partial charge in [-0.05, 0) is 105 Å². The highest BCUT2D eigenvalue weighted by molar-refractivity contribution is 9.10. The lowest BCUT2D eigenvalue weighted by Crippen LogP contribution is -2.58. The van der Waals surface area contributed by atoms with Gasteiger partial charge in [0.15, 0.2) is 0 Å². The molecule has 6 atom stereocenters. The van der Waals surface area contributed by atoms with E-state index in [0.717, 1.165) is 34.7 Å². The van der Waals surface area contributed by atoms with Crippen LogP contribution < -0.4 is 0 Å². The summed E-state index contributed by atoms with van der Waals surface area (Å²) < 4.78 is 7.00. The molecule has 30 heavy (non-hydrogen) atoms. The Balaban J connectivity index is 1.37. The number of fused-ring (bicyclic) bond motifs is 3. The zero-order valence-electron chi connectivity index (χ0n) is 18.5. The molecule has 1 spiro atoms. The van der Waals surface area contributed by atoms with E-state index in [0.29, 0.717) is 17.9 Å². The van der Waals surface area contributed by atoms with E-state index in [9.17, 15) is 4.79 Å². The van der Waals surface area contributed by atoms with E-state index in [-0.39, 0.29) is 16.8 Å². The molecular weight excluding hydrogens is 436 g/mol. The summed E-state index contributed by atoms with van der Waals surface area (Å²) in [5.41, 5.74) is 2.96. The number of halogens is 1. The molecule has 0 amide bonds. The zero-order valence-corrected chi connectivity index (χ0v) is 20.1. The summed E-state index contributed by atoms with van der Waals surface area (Å²) in [5.74, 6) is 1.99. The molecule has 4 aliphatic rings. The standard InChI is InChI=1S/C27H35BrO2/c1-18-15-27-14-11-22-25(2,23(27)10-7-20(18)16-27)12-4-13-26(22,3)24(29)30-17-19-5-8-21(28)9-6-19/h5-6,8-9,20,22-23H,1,4,7,10-17H2,2-3H3/t20-,22+,23+,25-,26-,27-/m1/s1. The summed E-state index contributed by atoms with van der Waals surface area (Å²) in [4.78, 5) is 13.5. The maximum absolute atomic E-state index is 13.5. The molecule has 162 valence electrons. The Bertz CT molecular complexity index is 860. The Hall–Kier alpha value is -1.09. The van der Waals surface area contributed by atoms with Gasteiger partial charge in [-0.25, -0.2) is 0 Å². The van der Waals surface area contributed by atoms with Gasteiger partial charge in [0.1, 0.15) is 6.61 Å². The van der Waals surface area contributed by atoms with Crippen LogP contribution in [0.1, 0.15) is 77.2 Å². The lowest BCUT2D eigenvalue weighted by Gasteiger charge is -2.63. The Morgan fingerprint density at radius 3 is 2.63 bits per heavy atom.